The molecule has 0 aliphatic carbocycles. The fourth-order valence-electron chi connectivity index (χ4n) is 1.94. The number of hydrogen-bond donors (Lipinski definition) is 1. The van der Waals surface area contributed by atoms with Crippen molar-refractivity contribution in [3.05, 3.63) is 46.5 Å². The van der Waals surface area contributed by atoms with Crippen LogP contribution >= 0.6 is 11.3 Å². The number of nitrogens with zero attached hydrogens (tertiary/aromatic N) is 1. The zero-order valence-electron chi connectivity index (χ0n) is 10.8. The molecule has 19 heavy (non-hydrogen) atoms. The smallest absolute Gasteiger partial charge is 0.257 e. The number of furan rings is 1. The lowest BCUT2D eigenvalue weighted by molar-refractivity contribution is 0.0566. The number of aliphatic hydroxyl groups is 1. The first-order valence-corrected chi connectivity index (χ1v) is 7.10. The summed E-state index contributed by atoms with van der Waals surface area (Å²) < 4.78 is 4.96. The van der Waals surface area contributed by atoms with Gasteiger partial charge in [-0.05, 0) is 23.9 Å². The van der Waals surface area contributed by atoms with Crippen LogP contribution in [0.25, 0.3) is 0 Å². The van der Waals surface area contributed by atoms with E-state index in [0.29, 0.717) is 18.5 Å². The molecule has 2 aromatic rings. The van der Waals surface area contributed by atoms with Gasteiger partial charge in [-0.15, -0.1) is 11.3 Å². The molecule has 0 bridgehead atoms. The van der Waals surface area contributed by atoms with Crippen LogP contribution in [0.4, 0.5) is 0 Å². The Bertz CT molecular complexity index is 489. The van der Waals surface area contributed by atoms with Crippen molar-refractivity contribution in [1.82, 2.24) is 4.90 Å². The van der Waals surface area contributed by atoms with Crippen LogP contribution < -0.4 is 0 Å². The molecule has 0 spiro atoms. The summed E-state index contributed by atoms with van der Waals surface area (Å²) in [6.07, 6.45) is 3.63. The highest BCUT2D eigenvalue weighted by Crippen LogP contribution is 2.18. The molecule has 2 rings (SSSR count). The van der Waals surface area contributed by atoms with Crippen LogP contribution in [0.5, 0.6) is 0 Å². The molecule has 0 fully saturated rings. The summed E-state index contributed by atoms with van der Waals surface area (Å²) in [5, 5.41) is 11.4. The zero-order valence-corrected chi connectivity index (χ0v) is 11.6. The van der Waals surface area contributed by atoms with Gasteiger partial charge in [0.1, 0.15) is 6.26 Å². The fourth-order valence-corrected chi connectivity index (χ4v) is 2.64. The summed E-state index contributed by atoms with van der Waals surface area (Å²) in [4.78, 5) is 15.3. The van der Waals surface area contributed by atoms with E-state index in [1.807, 2.05) is 24.4 Å². The summed E-state index contributed by atoms with van der Waals surface area (Å²) in [6.45, 7) is 2.44. The third-order valence-corrected chi connectivity index (χ3v) is 3.92. The Morgan fingerprint density at radius 1 is 1.53 bits per heavy atom. The number of amides is 1. The van der Waals surface area contributed by atoms with Crippen molar-refractivity contribution in [2.75, 3.05) is 6.61 Å². The van der Waals surface area contributed by atoms with Gasteiger partial charge in [-0.3, -0.25) is 4.79 Å². The highest BCUT2D eigenvalue weighted by atomic mass is 32.1. The number of aliphatic hydroxyl groups excluding tert-OH is 1. The molecule has 0 radical (unpaired) electrons. The van der Waals surface area contributed by atoms with E-state index < -0.39 is 0 Å². The van der Waals surface area contributed by atoms with Crippen LogP contribution in [0.1, 0.15) is 28.6 Å². The molecular weight excluding hydrogens is 262 g/mol. The van der Waals surface area contributed by atoms with Gasteiger partial charge in [-0.25, -0.2) is 0 Å². The third-order valence-electron chi connectivity index (χ3n) is 3.06. The van der Waals surface area contributed by atoms with E-state index >= 15 is 0 Å². The lowest BCUT2D eigenvalue weighted by atomic mass is 10.1. The molecule has 4 nitrogen and oxygen atoms in total. The summed E-state index contributed by atoms with van der Waals surface area (Å²) in [5.74, 6) is -0.108. The van der Waals surface area contributed by atoms with Gasteiger partial charge in [-0.1, -0.05) is 13.0 Å². The van der Waals surface area contributed by atoms with Crippen LogP contribution in [0.15, 0.2) is 40.5 Å². The molecule has 1 amide bonds. The molecule has 2 heterocycles. The van der Waals surface area contributed by atoms with Crippen LogP contribution in [-0.4, -0.2) is 28.6 Å². The zero-order chi connectivity index (χ0) is 13.7. The Labute approximate surface area is 116 Å². The molecule has 0 saturated carbocycles. The minimum absolute atomic E-state index is 0.0362. The highest BCUT2D eigenvalue weighted by Gasteiger charge is 2.24. The maximum Gasteiger partial charge on any atom is 0.257 e. The quantitative estimate of drug-likeness (QED) is 0.884. The number of hydrogen-bond acceptors (Lipinski definition) is 4. The first kappa shape index (κ1) is 13.8. The van der Waals surface area contributed by atoms with Crippen LogP contribution in [0.3, 0.4) is 0 Å². The second-order valence-electron chi connectivity index (χ2n) is 4.27. The lowest BCUT2D eigenvalue weighted by Crippen LogP contribution is -2.41. The number of carbonyl (C=O) groups is 1. The van der Waals surface area contributed by atoms with E-state index in [2.05, 4.69) is 0 Å². The van der Waals surface area contributed by atoms with Crippen molar-refractivity contribution >= 4 is 17.2 Å². The van der Waals surface area contributed by atoms with E-state index in [0.717, 1.165) is 4.88 Å². The van der Waals surface area contributed by atoms with Gasteiger partial charge in [0.15, 0.2) is 0 Å². The highest BCUT2D eigenvalue weighted by molar-refractivity contribution is 7.09. The molecular formula is C14H17NO3S. The van der Waals surface area contributed by atoms with Crippen LogP contribution in [0.2, 0.25) is 0 Å². The van der Waals surface area contributed by atoms with Crippen molar-refractivity contribution < 1.29 is 14.3 Å². The Kier molecular flexibility index (Phi) is 4.76. The Morgan fingerprint density at radius 3 is 2.89 bits per heavy atom. The summed E-state index contributed by atoms with van der Waals surface area (Å²) in [5.41, 5.74) is 0.517. The molecule has 0 aliphatic heterocycles. The summed E-state index contributed by atoms with van der Waals surface area (Å²) in [7, 11) is 0. The van der Waals surface area contributed by atoms with Crippen molar-refractivity contribution in [2.45, 2.75) is 25.9 Å². The summed E-state index contributed by atoms with van der Waals surface area (Å²) >= 11 is 1.61. The van der Waals surface area contributed by atoms with E-state index in [1.54, 1.807) is 22.3 Å². The minimum atomic E-state index is -0.176. The van der Waals surface area contributed by atoms with Gasteiger partial charge < -0.3 is 14.4 Å². The molecule has 1 atom stereocenters. The van der Waals surface area contributed by atoms with Crippen LogP contribution in [-0.2, 0) is 6.54 Å². The normalized spacial score (nSPS) is 12.3. The topological polar surface area (TPSA) is 53.7 Å². The standard InChI is InChI=1S/C14H17NO3S/c1-2-12(9-16)15(8-13-4-3-7-19-13)14(17)11-5-6-18-10-11/h3-7,10,12,16H,2,8-9H2,1H3/t12-/m0/s1. The predicted molar refractivity (Wildman–Crippen MR) is 74.1 cm³/mol. The van der Waals surface area contributed by atoms with Gasteiger partial charge in [0.2, 0.25) is 0 Å². The summed E-state index contributed by atoms with van der Waals surface area (Å²) in [6, 6.07) is 5.42. The Hall–Kier alpha value is -1.59. The number of thiophene rings is 1. The van der Waals surface area contributed by atoms with E-state index in [4.69, 9.17) is 4.42 Å². The largest absolute Gasteiger partial charge is 0.472 e. The second-order valence-corrected chi connectivity index (χ2v) is 5.30. The van der Waals surface area contributed by atoms with Gasteiger partial charge in [0.25, 0.3) is 5.91 Å². The van der Waals surface area contributed by atoms with Gasteiger partial charge in [0, 0.05) is 4.88 Å². The second kappa shape index (κ2) is 6.54. The molecule has 2 aromatic heterocycles. The average Bonchev–Trinajstić information content (AvgIpc) is 3.11. The SMILES string of the molecule is CC[C@@H](CO)N(Cc1cccs1)C(=O)c1ccoc1. The van der Waals surface area contributed by atoms with E-state index in [1.165, 1.54) is 12.5 Å². The minimum Gasteiger partial charge on any atom is -0.472 e. The predicted octanol–water partition coefficient (Wildman–Crippen LogP) is 2.75. The molecule has 0 aliphatic rings. The van der Waals surface area contributed by atoms with Crippen molar-refractivity contribution in [3.63, 3.8) is 0 Å². The Balaban J connectivity index is 2.20. The first-order valence-electron chi connectivity index (χ1n) is 6.22. The molecule has 0 aromatic carbocycles. The van der Waals surface area contributed by atoms with Crippen molar-refractivity contribution in [3.8, 4) is 0 Å². The molecule has 0 saturated heterocycles. The lowest BCUT2D eigenvalue weighted by Gasteiger charge is -2.29. The van der Waals surface area contributed by atoms with E-state index in [-0.39, 0.29) is 18.6 Å². The van der Waals surface area contributed by atoms with Gasteiger partial charge >= 0.3 is 0 Å². The van der Waals surface area contributed by atoms with Crippen molar-refractivity contribution in [2.24, 2.45) is 0 Å². The van der Waals surface area contributed by atoms with E-state index in [9.17, 15) is 9.90 Å². The Morgan fingerprint density at radius 2 is 2.37 bits per heavy atom. The maximum absolute atomic E-state index is 12.5. The first-order chi connectivity index (χ1) is 9.26. The molecule has 1 N–H and O–H groups in total. The number of carbonyl (C=O) groups excluding carboxylic acids is 1. The van der Waals surface area contributed by atoms with Crippen molar-refractivity contribution in [1.29, 1.82) is 0 Å². The number of rotatable bonds is 6. The fraction of sp³-hybridized carbons (Fsp3) is 0.357. The maximum atomic E-state index is 12.5. The molecule has 0 unspecified atom stereocenters. The third kappa shape index (κ3) is 3.24. The van der Waals surface area contributed by atoms with Gasteiger partial charge in [0.05, 0.1) is 31.0 Å². The van der Waals surface area contributed by atoms with Crippen LogP contribution in [0, 0.1) is 0 Å². The monoisotopic (exact) mass is 279 g/mol. The molecule has 5 heteroatoms. The average molecular weight is 279 g/mol. The molecule has 102 valence electrons. The van der Waals surface area contributed by atoms with Gasteiger partial charge in [-0.2, -0.15) is 0 Å².